The summed E-state index contributed by atoms with van der Waals surface area (Å²) in [6, 6.07) is 5.07. The molecule has 3 N–H and O–H groups in total. The first-order valence-electron chi connectivity index (χ1n) is 7.83. The van der Waals surface area contributed by atoms with Crippen LogP contribution >= 0.6 is 0 Å². The number of hydrogen-bond donors (Lipinski definition) is 2. The molecule has 0 saturated heterocycles. The minimum Gasteiger partial charge on any atom is -0.464 e. The second-order valence-electron chi connectivity index (χ2n) is 6.35. The van der Waals surface area contributed by atoms with Gasteiger partial charge in [0.25, 0.3) is 0 Å². The molecule has 0 amide bonds. The molecule has 2 aliphatic rings. The van der Waals surface area contributed by atoms with Gasteiger partial charge < -0.3 is 15.5 Å². The van der Waals surface area contributed by atoms with Gasteiger partial charge in [-0.05, 0) is 37.3 Å². The van der Waals surface area contributed by atoms with Gasteiger partial charge in [-0.3, -0.25) is 0 Å². The maximum absolute atomic E-state index is 6.03. The number of hydrogen-bond acceptors (Lipinski definition) is 3. The molecule has 19 heavy (non-hydrogen) atoms. The molecule has 3 rings (SSSR count). The molecular formula is C16H26N2O. The Bertz CT molecular complexity index is 409. The highest BCUT2D eigenvalue weighted by atomic mass is 16.3. The summed E-state index contributed by atoms with van der Waals surface area (Å²) in [4.78, 5) is 0. The normalized spacial score (nSPS) is 29.4. The second-order valence-corrected chi connectivity index (χ2v) is 6.35. The number of nitrogens with two attached hydrogens (primary N) is 1. The fourth-order valence-electron chi connectivity index (χ4n) is 3.29. The van der Waals surface area contributed by atoms with Crippen LogP contribution in [0.4, 0.5) is 0 Å². The first-order valence-corrected chi connectivity index (χ1v) is 7.83. The number of furan rings is 1. The summed E-state index contributed by atoms with van der Waals surface area (Å²) >= 11 is 0. The van der Waals surface area contributed by atoms with Crippen molar-refractivity contribution in [3.05, 3.63) is 23.7 Å². The lowest BCUT2D eigenvalue weighted by atomic mass is 9.94. The minimum atomic E-state index is 0.186. The molecule has 1 aromatic rings. The van der Waals surface area contributed by atoms with Crippen LogP contribution in [0, 0.1) is 5.92 Å². The zero-order valence-electron chi connectivity index (χ0n) is 11.9. The number of rotatable bonds is 5. The van der Waals surface area contributed by atoms with E-state index in [0.29, 0.717) is 18.5 Å². The average Bonchev–Trinajstić information content (AvgIpc) is 2.99. The van der Waals surface area contributed by atoms with E-state index in [1.807, 2.05) is 0 Å². The Hall–Kier alpha value is -0.800. The van der Waals surface area contributed by atoms with Crippen LogP contribution in [-0.4, -0.2) is 12.6 Å². The lowest BCUT2D eigenvalue weighted by Gasteiger charge is -2.26. The molecule has 3 unspecified atom stereocenters. The molecule has 0 radical (unpaired) electrons. The van der Waals surface area contributed by atoms with Crippen molar-refractivity contribution in [2.45, 2.75) is 63.5 Å². The van der Waals surface area contributed by atoms with Crippen LogP contribution in [0.3, 0.4) is 0 Å². The van der Waals surface area contributed by atoms with Crippen LogP contribution in [0.2, 0.25) is 0 Å². The van der Waals surface area contributed by atoms with E-state index in [1.165, 1.54) is 38.5 Å². The summed E-state index contributed by atoms with van der Waals surface area (Å²) in [5, 5.41) is 3.69. The Morgan fingerprint density at radius 2 is 2.05 bits per heavy atom. The van der Waals surface area contributed by atoms with Gasteiger partial charge >= 0.3 is 0 Å². The monoisotopic (exact) mass is 262 g/mol. The Balaban J connectivity index is 1.62. The van der Waals surface area contributed by atoms with Gasteiger partial charge in [-0.25, -0.2) is 0 Å². The van der Waals surface area contributed by atoms with Crippen LogP contribution in [0.15, 0.2) is 16.5 Å². The molecule has 0 aliphatic heterocycles. The third-order valence-corrected chi connectivity index (χ3v) is 4.74. The average molecular weight is 262 g/mol. The Labute approximate surface area is 115 Å². The summed E-state index contributed by atoms with van der Waals surface area (Å²) in [5.74, 6) is 3.64. The van der Waals surface area contributed by atoms with Crippen LogP contribution < -0.4 is 11.1 Å². The van der Waals surface area contributed by atoms with Crippen LogP contribution in [0.5, 0.6) is 0 Å². The Kier molecular flexibility index (Phi) is 3.94. The summed E-state index contributed by atoms with van der Waals surface area (Å²) in [6.07, 6.45) is 7.91. The summed E-state index contributed by atoms with van der Waals surface area (Å²) in [7, 11) is 0. The molecule has 0 aromatic carbocycles. The van der Waals surface area contributed by atoms with Crippen LogP contribution in [0.1, 0.15) is 68.9 Å². The molecule has 3 heteroatoms. The fraction of sp³-hybridized carbons (Fsp3) is 0.750. The zero-order valence-corrected chi connectivity index (χ0v) is 11.9. The summed E-state index contributed by atoms with van der Waals surface area (Å²) in [6.45, 7) is 2.90. The molecule has 1 heterocycles. The van der Waals surface area contributed by atoms with E-state index in [0.717, 1.165) is 17.4 Å². The minimum absolute atomic E-state index is 0.186. The molecule has 0 bridgehead atoms. The highest BCUT2D eigenvalue weighted by Gasteiger charge is 2.37. The van der Waals surface area contributed by atoms with E-state index in [1.54, 1.807) is 0 Å². The van der Waals surface area contributed by atoms with E-state index >= 15 is 0 Å². The van der Waals surface area contributed by atoms with E-state index < -0.39 is 0 Å². The van der Waals surface area contributed by atoms with Crippen molar-refractivity contribution in [3.8, 4) is 0 Å². The highest BCUT2D eigenvalue weighted by molar-refractivity contribution is 5.19. The third-order valence-electron chi connectivity index (χ3n) is 4.74. The zero-order chi connectivity index (χ0) is 13.2. The predicted octanol–water partition coefficient (Wildman–Crippen LogP) is 3.33. The largest absolute Gasteiger partial charge is 0.464 e. The molecular weight excluding hydrogens is 236 g/mol. The SMILES string of the molecule is CC1CC1c1ccc(C(CN)NC2CCCCC2)o1. The first-order chi connectivity index (χ1) is 9.28. The first kappa shape index (κ1) is 13.2. The van der Waals surface area contributed by atoms with E-state index in [9.17, 15) is 0 Å². The summed E-state index contributed by atoms with van der Waals surface area (Å²) < 4.78 is 6.03. The van der Waals surface area contributed by atoms with E-state index in [4.69, 9.17) is 10.2 Å². The molecule has 2 saturated carbocycles. The highest BCUT2D eigenvalue weighted by Crippen LogP contribution is 2.47. The maximum atomic E-state index is 6.03. The molecule has 2 aliphatic carbocycles. The van der Waals surface area contributed by atoms with Crippen molar-refractivity contribution in [3.63, 3.8) is 0 Å². The predicted molar refractivity (Wildman–Crippen MR) is 77.0 cm³/mol. The van der Waals surface area contributed by atoms with Gasteiger partial charge in [-0.1, -0.05) is 26.2 Å². The third kappa shape index (κ3) is 3.03. The van der Waals surface area contributed by atoms with Gasteiger partial charge in [0.15, 0.2) is 0 Å². The van der Waals surface area contributed by atoms with Crippen LogP contribution in [0.25, 0.3) is 0 Å². The van der Waals surface area contributed by atoms with E-state index in [2.05, 4.69) is 24.4 Å². The van der Waals surface area contributed by atoms with Crippen LogP contribution in [-0.2, 0) is 0 Å². The van der Waals surface area contributed by atoms with Gasteiger partial charge in [0.2, 0.25) is 0 Å². The molecule has 1 aromatic heterocycles. The fourth-order valence-corrected chi connectivity index (χ4v) is 3.29. The maximum Gasteiger partial charge on any atom is 0.122 e. The van der Waals surface area contributed by atoms with Gasteiger partial charge in [0.05, 0.1) is 6.04 Å². The Morgan fingerprint density at radius 1 is 1.32 bits per heavy atom. The topological polar surface area (TPSA) is 51.2 Å². The molecule has 2 fully saturated rings. The van der Waals surface area contributed by atoms with Crippen molar-refractivity contribution >= 4 is 0 Å². The second kappa shape index (κ2) is 5.68. The van der Waals surface area contributed by atoms with Gasteiger partial charge in [-0.15, -0.1) is 0 Å². The lowest BCUT2D eigenvalue weighted by molar-refractivity contribution is 0.311. The van der Waals surface area contributed by atoms with Crippen molar-refractivity contribution in [2.24, 2.45) is 11.7 Å². The van der Waals surface area contributed by atoms with Gasteiger partial charge in [0.1, 0.15) is 11.5 Å². The molecule has 0 spiro atoms. The van der Waals surface area contributed by atoms with Crippen molar-refractivity contribution in [2.75, 3.05) is 6.54 Å². The van der Waals surface area contributed by atoms with Crippen molar-refractivity contribution in [1.29, 1.82) is 0 Å². The van der Waals surface area contributed by atoms with Crippen molar-refractivity contribution < 1.29 is 4.42 Å². The van der Waals surface area contributed by atoms with E-state index in [-0.39, 0.29) is 6.04 Å². The molecule has 3 nitrogen and oxygen atoms in total. The lowest BCUT2D eigenvalue weighted by Crippen LogP contribution is -2.37. The number of nitrogens with one attached hydrogen (secondary N) is 1. The van der Waals surface area contributed by atoms with Crippen molar-refractivity contribution in [1.82, 2.24) is 5.32 Å². The van der Waals surface area contributed by atoms with Gasteiger partial charge in [0, 0.05) is 18.5 Å². The molecule has 106 valence electrons. The smallest absolute Gasteiger partial charge is 0.122 e. The summed E-state index contributed by atoms with van der Waals surface area (Å²) in [5.41, 5.74) is 5.93. The molecule has 3 atom stereocenters. The van der Waals surface area contributed by atoms with Gasteiger partial charge in [-0.2, -0.15) is 0 Å². The Morgan fingerprint density at radius 3 is 2.68 bits per heavy atom. The quantitative estimate of drug-likeness (QED) is 0.856. The standard InChI is InChI=1S/C16H26N2O/c1-11-9-13(11)15-7-8-16(19-15)14(10-17)18-12-5-3-2-4-6-12/h7-8,11-14,18H,2-6,9-10,17H2,1H3.